The van der Waals surface area contributed by atoms with Crippen LogP contribution in [0.3, 0.4) is 0 Å². The minimum Gasteiger partial charge on any atom is -0.376 e. The Morgan fingerprint density at radius 3 is 2.61 bits per heavy atom. The van der Waals surface area contributed by atoms with Crippen LogP contribution in [0.5, 0.6) is 0 Å². The van der Waals surface area contributed by atoms with Gasteiger partial charge in [0.2, 0.25) is 10.0 Å². The fourth-order valence-corrected chi connectivity index (χ4v) is 3.69. The Morgan fingerprint density at radius 2 is 2.04 bits per heavy atom. The van der Waals surface area contributed by atoms with Crippen molar-refractivity contribution in [3.63, 3.8) is 0 Å². The molecule has 2 saturated heterocycles. The van der Waals surface area contributed by atoms with Crippen molar-refractivity contribution in [2.24, 2.45) is 0 Å². The third-order valence-corrected chi connectivity index (χ3v) is 5.52. The van der Waals surface area contributed by atoms with Crippen molar-refractivity contribution in [2.75, 3.05) is 55.8 Å². The van der Waals surface area contributed by atoms with E-state index >= 15 is 0 Å². The van der Waals surface area contributed by atoms with E-state index in [1.54, 1.807) is 0 Å². The summed E-state index contributed by atoms with van der Waals surface area (Å²) in [6.07, 6.45) is 3.72. The van der Waals surface area contributed by atoms with Crippen LogP contribution in [0.25, 0.3) is 0 Å². The van der Waals surface area contributed by atoms with Crippen molar-refractivity contribution in [3.05, 3.63) is 12.1 Å². The topological polar surface area (TPSA) is 87.7 Å². The maximum atomic E-state index is 11.5. The van der Waals surface area contributed by atoms with Crippen LogP contribution in [0.2, 0.25) is 0 Å². The van der Waals surface area contributed by atoms with Gasteiger partial charge >= 0.3 is 0 Å². The fourth-order valence-electron chi connectivity index (χ4n) is 2.86. The van der Waals surface area contributed by atoms with Gasteiger partial charge in [-0.25, -0.2) is 8.42 Å². The lowest BCUT2D eigenvalue weighted by Crippen LogP contribution is -2.48. The predicted octanol–water partition coefficient (Wildman–Crippen LogP) is 0.149. The summed E-state index contributed by atoms with van der Waals surface area (Å²) in [5.41, 5.74) is 0. The van der Waals surface area contributed by atoms with Crippen LogP contribution >= 0.6 is 0 Å². The average Bonchev–Trinajstić information content (AvgIpc) is 3.06. The van der Waals surface area contributed by atoms with Crippen LogP contribution in [0.4, 0.5) is 11.6 Å². The van der Waals surface area contributed by atoms with Crippen LogP contribution in [0.15, 0.2) is 12.1 Å². The maximum absolute atomic E-state index is 11.5. The molecule has 0 radical (unpaired) electrons. The molecule has 3 heterocycles. The Kier molecular flexibility index (Phi) is 4.98. The Bertz CT molecular complexity index is 608. The molecule has 0 spiro atoms. The van der Waals surface area contributed by atoms with Crippen LogP contribution in [-0.4, -0.2) is 74.6 Å². The third kappa shape index (κ3) is 4.30. The van der Waals surface area contributed by atoms with Gasteiger partial charge in [0.15, 0.2) is 5.82 Å². The molecular formula is C14H23N5O3S. The van der Waals surface area contributed by atoms with E-state index < -0.39 is 10.0 Å². The molecular weight excluding hydrogens is 318 g/mol. The highest BCUT2D eigenvalue weighted by Gasteiger charge is 2.24. The summed E-state index contributed by atoms with van der Waals surface area (Å²) in [6.45, 7) is 3.82. The number of piperazine rings is 1. The molecule has 0 aromatic carbocycles. The van der Waals surface area contributed by atoms with Crippen molar-refractivity contribution < 1.29 is 13.2 Å². The van der Waals surface area contributed by atoms with Gasteiger partial charge < -0.3 is 15.0 Å². The summed E-state index contributed by atoms with van der Waals surface area (Å²) in [4.78, 5) is 2.05. The Balaban J connectivity index is 1.51. The molecule has 8 nitrogen and oxygen atoms in total. The van der Waals surface area contributed by atoms with Crippen LogP contribution < -0.4 is 10.2 Å². The van der Waals surface area contributed by atoms with Gasteiger partial charge in [0.1, 0.15) is 5.82 Å². The number of nitrogens with one attached hydrogen (secondary N) is 1. The molecule has 3 rings (SSSR count). The molecule has 0 aliphatic carbocycles. The van der Waals surface area contributed by atoms with Crippen LogP contribution in [-0.2, 0) is 14.8 Å². The first-order chi connectivity index (χ1) is 11.0. The second-order valence-electron chi connectivity index (χ2n) is 5.94. The molecule has 128 valence electrons. The highest BCUT2D eigenvalue weighted by molar-refractivity contribution is 7.88. The van der Waals surface area contributed by atoms with Gasteiger partial charge in [-0.2, -0.15) is 4.31 Å². The first-order valence-electron chi connectivity index (χ1n) is 7.91. The standard InChI is InChI=1S/C14H23N5O3S/c1-23(20,21)19-8-6-18(7-9-19)14-5-4-13(16-17-14)15-11-12-3-2-10-22-12/h4-5,12H,2-3,6-11H2,1H3,(H,15,16). The largest absolute Gasteiger partial charge is 0.376 e. The highest BCUT2D eigenvalue weighted by atomic mass is 32.2. The van der Waals surface area contributed by atoms with Crippen molar-refractivity contribution >= 4 is 21.7 Å². The van der Waals surface area contributed by atoms with Gasteiger partial charge in [0, 0.05) is 39.3 Å². The minimum absolute atomic E-state index is 0.264. The number of anilines is 2. The Hall–Kier alpha value is -1.45. The van der Waals surface area contributed by atoms with E-state index in [9.17, 15) is 8.42 Å². The molecule has 0 amide bonds. The van der Waals surface area contributed by atoms with Gasteiger partial charge in [-0.3, -0.25) is 0 Å². The molecule has 0 saturated carbocycles. The number of rotatable bonds is 5. The van der Waals surface area contributed by atoms with E-state index in [-0.39, 0.29) is 6.10 Å². The monoisotopic (exact) mass is 341 g/mol. The number of hydrogen-bond donors (Lipinski definition) is 1. The molecule has 2 aliphatic heterocycles. The zero-order valence-electron chi connectivity index (χ0n) is 13.3. The second-order valence-corrected chi connectivity index (χ2v) is 7.92. The van der Waals surface area contributed by atoms with E-state index in [1.807, 2.05) is 12.1 Å². The Labute approximate surface area is 136 Å². The van der Waals surface area contributed by atoms with E-state index in [1.165, 1.54) is 10.6 Å². The molecule has 1 unspecified atom stereocenters. The molecule has 0 bridgehead atoms. The zero-order chi connectivity index (χ0) is 16.3. The van der Waals surface area contributed by atoms with Gasteiger partial charge in [0.25, 0.3) is 0 Å². The summed E-state index contributed by atoms with van der Waals surface area (Å²) < 4.78 is 30.1. The maximum Gasteiger partial charge on any atom is 0.211 e. The number of sulfonamides is 1. The first-order valence-corrected chi connectivity index (χ1v) is 9.76. The van der Waals surface area contributed by atoms with Crippen molar-refractivity contribution in [1.29, 1.82) is 0 Å². The zero-order valence-corrected chi connectivity index (χ0v) is 14.1. The average molecular weight is 341 g/mol. The summed E-state index contributed by atoms with van der Waals surface area (Å²) in [5, 5.41) is 11.7. The predicted molar refractivity (Wildman–Crippen MR) is 88.1 cm³/mol. The highest BCUT2D eigenvalue weighted by Crippen LogP contribution is 2.16. The van der Waals surface area contributed by atoms with Crippen LogP contribution in [0, 0.1) is 0 Å². The van der Waals surface area contributed by atoms with E-state index in [2.05, 4.69) is 20.4 Å². The molecule has 23 heavy (non-hydrogen) atoms. The third-order valence-electron chi connectivity index (χ3n) is 4.22. The summed E-state index contributed by atoms with van der Waals surface area (Å²) >= 11 is 0. The second kappa shape index (κ2) is 6.98. The normalized spacial score (nSPS) is 23.2. The molecule has 1 aromatic heterocycles. The van der Waals surface area contributed by atoms with E-state index in [4.69, 9.17) is 4.74 Å². The van der Waals surface area contributed by atoms with Crippen LogP contribution in [0.1, 0.15) is 12.8 Å². The lowest BCUT2D eigenvalue weighted by Gasteiger charge is -2.33. The number of aromatic nitrogens is 2. The van der Waals surface area contributed by atoms with Gasteiger partial charge in [-0.1, -0.05) is 0 Å². The van der Waals surface area contributed by atoms with Gasteiger partial charge in [-0.05, 0) is 25.0 Å². The van der Waals surface area contributed by atoms with Gasteiger partial charge in [-0.15, -0.1) is 10.2 Å². The molecule has 9 heteroatoms. The molecule has 1 aromatic rings. The van der Waals surface area contributed by atoms with Crippen molar-refractivity contribution in [3.8, 4) is 0 Å². The fraction of sp³-hybridized carbons (Fsp3) is 0.714. The summed E-state index contributed by atoms with van der Waals surface area (Å²) in [5.74, 6) is 1.51. The molecule has 2 fully saturated rings. The van der Waals surface area contributed by atoms with Gasteiger partial charge in [0.05, 0.1) is 12.4 Å². The molecule has 1 N–H and O–H groups in total. The van der Waals surface area contributed by atoms with E-state index in [0.29, 0.717) is 26.2 Å². The quantitative estimate of drug-likeness (QED) is 0.815. The van der Waals surface area contributed by atoms with Crippen molar-refractivity contribution in [2.45, 2.75) is 18.9 Å². The summed E-state index contributed by atoms with van der Waals surface area (Å²) in [7, 11) is -3.10. The number of ether oxygens (including phenoxy) is 1. The number of nitrogens with zero attached hydrogens (tertiary/aromatic N) is 4. The first kappa shape index (κ1) is 16.4. The lowest BCUT2D eigenvalue weighted by atomic mass is 10.2. The SMILES string of the molecule is CS(=O)(=O)N1CCN(c2ccc(NCC3CCCO3)nn2)CC1. The number of hydrogen-bond acceptors (Lipinski definition) is 7. The smallest absolute Gasteiger partial charge is 0.211 e. The Morgan fingerprint density at radius 1 is 1.26 bits per heavy atom. The minimum atomic E-state index is -3.10. The molecule has 1 atom stereocenters. The summed E-state index contributed by atoms with van der Waals surface area (Å²) in [6, 6.07) is 3.82. The van der Waals surface area contributed by atoms with E-state index in [0.717, 1.165) is 37.6 Å². The van der Waals surface area contributed by atoms with Crippen molar-refractivity contribution in [1.82, 2.24) is 14.5 Å². The molecule has 2 aliphatic rings. The lowest BCUT2D eigenvalue weighted by molar-refractivity contribution is 0.120.